The van der Waals surface area contributed by atoms with Crippen molar-refractivity contribution < 1.29 is 13.2 Å². The van der Waals surface area contributed by atoms with E-state index in [0.717, 1.165) is 19.5 Å². The summed E-state index contributed by atoms with van der Waals surface area (Å²) in [5.74, 6) is 0.498. The summed E-state index contributed by atoms with van der Waals surface area (Å²) >= 11 is 9.31. The van der Waals surface area contributed by atoms with E-state index in [1.807, 2.05) is 18.2 Å². The van der Waals surface area contributed by atoms with Gasteiger partial charge in [-0.25, -0.2) is 13.1 Å². The quantitative estimate of drug-likeness (QED) is 0.711. The number of hydrogen-bond acceptors (Lipinski definition) is 4. The summed E-state index contributed by atoms with van der Waals surface area (Å²) in [4.78, 5) is 2.31. The Bertz CT molecular complexity index is 878. The van der Waals surface area contributed by atoms with Crippen LogP contribution in [-0.4, -0.2) is 35.2 Å². The van der Waals surface area contributed by atoms with Gasteiger partial charge in [-0.1, -0.05) is 29.8 Å². The summed E-state index contributed by atoms with van der Waals surface area (Å²) < 4.78 is 33.9. The summed E-state index contributed by atoms with van der Waals surface area (Å²) in [5, 5.41) is 0.328. The maximum atomic E-state index is 12.7. The highest BCUT2D eigenvalue weighted by molar-refractivity contribution is 9.10. The van der Waals surface area contributed by atoms with Crippen molar-refractivity contribution in [2.45, 2.75) is 11.3 Å². The molecule has 26 heavy (non-hydrogen) atoms. The fourth-order valence-electron chi connectivity index (χ4n) is 3.11. The number of anilines is 1. The van der Waals surface area contributed by atoms with E-state index in [4.69, 9.17) is 16.3 Å². The van der Waals surface area contributed by atoms with Crippen molar-refractivity contribution in [3.8, 4) is 5.75 Å². The number of nitrogens with zero attached hydrogens (tertiary/aromatic N) is 1. The predicted molar refractivity (Wildman–Crippen MR) is 108 cm³/mol. The molecule has 2 aromatic rings. The molecule has 1 aliphatic rings. The fraction of sp³-hybridized carbons (Fsp3) is 0.333. The van der Waals surface area contributed by atoms with Crippen molar-refractivity contribution in [3.05, 3.63) is 52.0 Å². The Kier molecular flexibility index (Phi) is 6.12. The van der Waals surface area contributed by atoms with Gasteiger partial charge in [-0.3, -0.25) is 0 Å². The normalized spacial score (nSPS) is 17.5. The molecule has 1 heterocycles. The number of ether oxygens (including phenoxy) is 1. The zero-order valence-electron chi connectivity index (χ0n) is 14.3. The lowest BCUT2D eigenvalue weighted by Crippen LogP contribution is -2.31. The van der Waals surface area contributed by atoms with Gasteiger partial charge in [0.2, 0.25) is 10.0 Å². The second-order valence-corrected chi connectivity index (χ2v) is 9.23. The van der Waals surface area contributed by atoms with Crippen LogP contribution in [0.4, 0.5) is 5.69 Å². The van der Waals surface area contributed by atoms with Crippen LogP contribution >= 0.6 is 27.5 Å². The maximum absolute atomic E-state index is 12.7. The average Bonchev–Trinajstić information content (AvgIpc) is 3.09. The van der Waals surface area contributed by atoms with Gasteiger partial charge in [-0.05, 0) is 52.5 Å². The number of halogens is 2. The molecule has 0 amide bonds. The van der Waals surface area contributed by atoms with E-state index in [-0.39, 0.29) is 16.6 Å². The molecule has 1 saturated heterocycles. The van der Waals surface area contributed by atoms with Crippen molar-refractivity contribution >= 4 is 43.2 Å². The van der Waals surface area contributed by atoms with Crippen LogP contribution in [-0.2, 0) is 10.0 Å². The molecule has 0 saturated carbocycles. The summed E-state index contributed by atoms with van der Waals surface area (Å²) in [7, 11) is -2.29. The van der Waals surface area contributed by atoms with Gasteiger partial charge in [0.15, 0.2) is 5.75 Å². The molecule has 1 fully saturated rings. The van der Waals surface area contributed by atoms with Gasteiger partial charge in [0.1, 0.15) is 4.90 Å². The number of para-hydroxylation sites is 1. The van der Waals surface area contributed by atoms with Crippen molar-refractivity contribution in [1.29, 1.82) is 0 Å². The molecule has 0 aliphatic carbocycles. The lowest BCUT2D eigenvalue weighted by Gasteiger charge is -2.19. The fourth-order valence-corrected chi connectivity index (χ4v) is 5.61. The van der Waals surface area contributed by atoms with Gasteiger partial charge in [-0.2, -0.15) is 0 Å². The Balaban J connectivity index is 1.68. The van der Waals surface area contributed by atoms with Crippen LogP contribution < -0.4 is 14.4 Å². The smallest absolute Gasteiger partial charge is 0.244 e. The molecule has 8 heteroatoms. The first-order chi connectivity index (χ1) is 12.4. The number of hydrogen-bond donors (Lipinski definition) is 1. The Morgan fingerprint density at radius 3 is 2.73 bits per heavy atom. The first-order valence-electron chi connectivity index (χ1n) is 8.23. The van der Waals surface area contributed by atoms with Gasteiger partial charge in [0.05, 0.1) is 11.6 Å². The van der Waals surface area contributed by atoms with E-state index < -0.39 is 10.0 Å². The SMILES string of the molecule is COc1c(Br)cc(Cl)cc1S(=O)(=O)NCC1CCN(c2ccccc2)C1. The number of methoxy groups -OCH3 is 1. The summed E-state index contributed by atoms with van der Waals surface area (Å²) in [6.45, 7) is 2.12. The monoisotopic (exact) mass is 458 g/mol. The molecule has 0 aromatic heterocycles. The molecule has 3 rings (SSSR count). The molecule has 0 spiro atoms. The van der Waals surface area contributed by atoms with Crippen molar-refractivity contribution in [2.75, 3.05) is 31.6 Å². The summed E-state index contributed by atoms with van der Waals surface area (Å²) in [5.41, 5.74) is 1.17. The van der Waals surface area contributed by atoms with Crippen LogP contribution in [0.5, 0.6) is 5.75 Å². The van der Waals surface area contributed by atoms with E-state index in [0.29, 0.717) is 16.0 Å². The highest BCUT2D eigenvalue weighted by Crippen LogP contribution is 2.35. The van der Waals surface area contributed by atoms with Crippen LogP contribution in [0.25, 0.3) is 0 Å². The molecule has 0 radical (unpaired) electrons. The topological polar surface area (TPSA) is 58.6 Å². The molecule has 1 N–H and O–H groups in total. The second kappa shape index (κ2) is 8.17. The third kappa shape index (κ3) is 4.34. The maximum Gasteiger partial charge on any atom is 0.244 e. The minimum absolute atomic E-state index is 0.0392. The van der Waals surface area contributed by atoms with Crippen molar-refractivity contribution in [2.24, 2.45) is 5.92 Å². The minimum atomic E-state index is -3.73. The summed E-state index contributed by atoms with van der Waals surface area (Å²) in [6, 6.07) is 13.2. The average molecular weight is 460 g/mol. The van der Waals surface area contributed by atoms with Gasteiger partial charge in [0.25, 0.3) is 0 Å². The third-order valence-electron chi connectivity index (χ3n) is 4.44. The third-order valence-corrected chi connectivity index (χ3v) is 6.67. The van der Waals surface area contributed by atoms with Gasteiger partial charge < -0.3 is 9.64 Å². The van der Waals surface area contributed by atoms with Crippen molar-refractivity contribution in [3.63, 3.8) is 0 Å². The zero-order valence-corrected chi connectivity index (χ0v) is 17.4. The van der Waals surface area contributed by atoms with E-state index in [1.165, 1.54) is 18.9 Å². The van der Waals surface area contributed by atoms with E-state index in [1.54, 1.807) is 6.07 Å². The minimum Gasteiger partial charge on any atom is -0.494 e. The molecule has 2 aromatic carbocycles. The van der Waals surface area contributed by atoms with Crippen LogP contribution in [0.2, 0.25) is 5.02 Å². The molecular formula is C18H20BrClN2O3S. The highest BCUT2D eigenvalue weighted by Gasteiger charge is 2.27. The van der Waals surface area contributed by atoms with E-state index in [2.05, 4.69) is 37.7 Å². The van der Waals surface area contributed by atoms with Crippen molar-refractivity contribution in [1.82, 2.24) is 4.72 Å². The second-order valence-electron chi connectivity index (χ2n) is 6.21. The standard InChI is InChI=1S/C18H20BrClN2O3S/c1-25-18-16(19)9-14(20)10-17(18)26(23,24)21-11-13-7-8-22(12-13)15-5-3-2-4-6-15/h2-6,9-10,13,21H,7-8,11-12H2,1H3. The lowest BCUT2D eigenvalue weighted by molar-refractivity contribution is 0.399. The van der Waals surface area contributed by atoms with Gasteiger partial charge in [0, 0.05) is 30.3 Å². The highest BCUT2D eigenvalue weighted by atomic mass is 79.9. The molecular weight excluding hydrogens is 440 g/mol. The van der Waals surface area contributed by atoms with E-state index >= 15 is 0 Å². The number of sulfonamides is 1. The molecule has 1 unspecified atom stereocenters. The summed E-state index contributed by atoms with van der Waals surface area (Å²) in [6.07, 6.45) is 0.938. The Morgan fingerprint density at radius 2 is 2.04 bits per heavy atom. The van der Waals surface area contributed by atoms with Crippen LogP contribution in [0.1, 0.15) is 6.42 Å². The van der Waals surface area contributed by atoms with Gasteiger partial charge in [-0.15, -0.1) is 0 Å². The first kappa shape index (κ1) is 19.5. The number of rotatable bonds is 6. The Labute approximate surface area is 167 Å². The van der Waals surface area contributed by atoms with Crippen LogP contribution in [0.15, 0.2) is 51.8 Å². The Hall–Kier alpha value is -1.28. The van der Waals surface area contributed by atoms with Crippen LogP contribution in [0.3, 0.4) is 0 Å². The molecule has 140 valence electrons. The molecule has 5 nitrogen and oxygen atoms in total. The predicted octanol–water partition coefficient (Wildman–Crippen LogP) is 3.92. The largest absolute Gasteiger partial charge is 0.494 e. The van der Waals surface area contributed by atoms with Crippen LogP contribution in [0, 0.1) is 5.92 Å². The molecule has 1 atom stereocenters. The van der Waals surface area contributed by atoms with Gasteiger partial charge >= 0.3 is 0 Å². The van der Waals surface area contributed by atoms with E-state index in [9.17, 15) is 8.42 Å². The Morgan fingerprint density at radius 1 is 1.31 bits per heavy atom. The number of nitrogens with one attached hydrogen (secondary N) is 1. The molecule has 0 bridgehead atoms. The number of benzene rings is 2. The lowest BCUT2D eigenvalue weighted by atomic mass is 10.1. The molecule has 1 aliphatic heterocycles. The first-order valence-corrected chi connectivity index (χ1v) is 10.9. The zero-order chi connectivity index (χ0) is 18.7.